The Morgan fingerprint density at radius 2 is 1.80 bits per heavy atom. The molecule has 114 valence electrons. The smallest absolute Gasteiger partial charge is 0.0816 e. The molecule has 1 aromatic carbocycles. The van der Waals surface area contributed by atoms with Gasteiger partial charge in [-0.15, -0.1) is 0 Å². The normalized spacial score (nSPS) is 13.2. The molecule has 1 aromatic rings. The van der Waals surface area contributed by atoms with Crippen LogP contribution in [-0.2, 0) is 0 Å². The van der Waals surface area contributed by atoms with E-state index in [0.717, 1.165) is 37.5 Å². The number of rotatable bonds is 9. The summed E-state index contributed by atoms with van der Waals surface area (Å²) < 4.78 is 0. The van der Waals surface area contributed by atoms with Crippen LogP contribution in [0.1, 0.15) is 51.7 Å². The van der Waals surface area contributed by atoms with Crippen molar-refractivity contribution < 1.29 is 5.11 Å². The minimum Gasteiger partial charge on any atom is -0.388 e. The minimum absolute atomic E-state index is 0.473. The zero-order valence-corrected chi connectivity index (χ0v) is 13.7. The second-order valence-corrected chi connectivity index (χ2v) is 5.81. The van der Waals surface area contributed by atoms with E-state index in [2.05, 4.69) is 25.7 Å². The topological polar surface area (TPSA) is 23.5 Å². The lowest BCUT2D eigenvalue weighted by molar-refractivity contribution is 0.136. The summed E-state index contributed by atoms with van der Waals surface area (Å²) in [7, 11) is 0. The van der Waals surface area contributed by atoms with Gasteiger partial charge in [-0.05, 0) is 30.5 Å². The van der Waals surface area contributed by atoms with Crippen molar-refractivity contribution in [2.24, 2.45) is 5.92 Å². The van der Waals surface area contributed by atoms with Gasteiger partial charge in [0.2, 0.25) is 0 Å². The Bertz CT molecular complexity index is 379. The zero-order valence-electron chi connectivity index (χ0n) is 13.0. The maximum atomic E-state index is 10.3. The van der Waals surface area contributed by atoms with Crippen LogP contribution >= 0.6 is 11.6 Å². The Labute approximate surface area is 128 Å². The molecule has 1 atom stereocenters. The first-order valence-corrected chi connectivity index (χ1v) is 8.14. The van der Waals surface area contributed by atoms with E-state index in [-0.39, 0.29) is 0 Å². The van der Waals surface area contributed by atoms with Crippen LogP contribution in [0, 0.1) is 5.92 Å². The maximum Gasteiger partial charge on any atom is 0.0816 e. The van der Waals surface area contributed by atoms with Gasteiger partial charge < -0.3 is 10.0 Å². The van der Waals surface area contributed by atoms with E-state index >= 15 is 0 Å². The van der Waals surface area contributed by atoms with Crippen LogP contribution in [0.15, 0.2) is 24.3 Å². The molecule has 0 amide bonds. The molecule has 0 heterocycles. The van der Waals surface area contributed by atoms with Gasteiger partial charge in [-0.3, -0.25) is 0 Å². The number of hydrogen-bond acceptors (Lipinski definition) is 2. The van der Waals surface area contributed by atoms with E-state index in [1.807, 2.05) is 24.3 Å². The van der Waals surface area contributed by atoms with Crippen LogP contribution in [-0.4, -0.2) is 29.6 Å². The highest BCUT2D eigenvalue weighted by Gasteiger charge is 2.14. The van der Waals surface area contributed by atoms with Crippen LogP contribution in [0.5, 0.6) is 0 Å². The lowest BCUT2D eigenvalue weighted by atomic mass is 10.0. The predicted molar refractivity (Wildman–Crippen MR) is 87.2 cm³/mol. The van der Waals surface area contributed by atoms with E-state index in [4.69, 9.17) is 11.6 Å². The standard InChI is InChI=1S/C17H28ClNO/c1-4-14(5-2)13-19(6-3)12-11-17(20)15-9-7-8-10-16(15)18/h7-10,14,17,20H,4-6,11-13H2,1-3H3. The molecule has 1 rings (SSSR count). The van der Waals surface area contributed by atoms with Crippen molar-refractivity contribution in [1.29, 1.82) is 0 Å². The summed E-state index contributed by atoms with van der Waals surface area (Å²) in [4.78, 5) is 2.43. The molecule has 0 aliphatic rings. The van der Waals surface area contributed by atoms with Crippen molar-refractivity contribution in [1.82, 2.24) is 4.90 Å². The Kier molecular flexibility index (Phi) is 8.20. The van der Waals surface area contributed by atoms with Crippen molar-refractivity contribution in [3.05, 3.63) is 34.9 Å². The Balaban J connectivity index is 2.49. The van der Waals surface area contributed by atoms with Gasteiger partial charge in [-0.2, -0.15) is 0 Å². The summed E-state index contributed by atoms with van der Waals surface area (Å²) in [5.41, 5.74) is 0.841. The average molecular weight is 298 g/mol. The highest BCUT2D eigenvalue weighted by molar-refractivity contribution is 6.31. The first kappa shape index (κ1) is 17.5. The molecule has 1 N–H and O–H groups in total. The van der Waals surface area contributed by atoms with Crippen LogP contribution in [0.2, 0.25) is 5.02 Å². The zero-order chi connectivity index (χ0) is 15.0. The first-order chi connectivity index (χ1) is 9.62. The molecule has 1 unspecified atom stereocenters. The maximum absolute atomic E-state index is 10.3. The second kappa shape index (κ2) is 9.38. The number of hydrogen-bond donors (Lipinski definition) is 1. The number of aliphatic hydroxyl groups is 1. The SMILES string of the molecule is CCC(CC)CN(CC)CCC(O)c1ccccc1Cl. The van der Waals surface area contributed by atoms with Gasteiger partial charge in [0.25, 0.3) is 0 Å². The first-order valence-electron chi connectivity index (χ1n) is 7.77. The average Bonchev–Trinajstić information content (AvgIpc) is 2.48. The Morgan fingerprint density at radius 3 is 2.35 bits per heavy atom. The van der Waals surface area contributed by atoms with Gasteiger partial charge in [-0.25, -0.2) is 0 Å². The van der Waals surface area contributed by atoms with Gasteiger partial charge in [0.05, 0.1) is 6.10 Å². The quantitative estimate of drug-likeness (QED) is 0.724. The summed E-state index contributed by atoms with van der Waals surface area (Å²) in [5, 5.41) is 10.9. The van der Waals surface area contributed by atoms with Crippen molar-refractivity contribution in [2.45, 2.75) is 46.1 Å². The summed E-state index contributed by atoms with van der Waals surface area (Å²) >= 11 is 6.12. The molecular weight excluding hydrogens is 270 g/mol. The Morgan fingerprint density at radius 1 is 1.15 bits per heavy atom. The molecule has 0 saturated carbocycles. The molecule has 0 radical (unpaired) electrons. The van der Waals surface area contributed by atoms with Crippen molar-refractivity contribution in [3.8, 4) is 0 Å². The van der Waals surface area contributed by atoms with E-state index in [0.29, 0.717) is 5.02 Å². The fourth-order valence-electron chi connectivity index (χ4n) is 2.50. The molecular formula is C17H28ClNO. The van der Waals surface area contributed by atoms with E-state index < -0.39 is 6.10 Å². The van der Waals surface area contributed by atoms with Gasteiger partial charge in [-0.1, -0.05) is 63.4 Å². The third-order valence-electron chi connectivity index (χ3n) is 4.10. The van der Waals surface area contributed by atoms with Crippen molar-refractivity contribution in [2.75, 3.05) is 19.6 Å². The molecule has 3 heteroatoms. The molecule has 0 saturated heterocycles. The highest BCUT2D eigenvalue weighted by Crippen LogP contribution is 2.25. The van der Waals surface area contributed by atoms with Gasteiger partial charge >= 0.3 is 0 Å². The fourth-order valence-corrected chi connectivity index (χ4v) is 2.76. The largest absolute Gasteiger partial charge is 0.388 e. The number of aliphatic hydroxyl groups excluding tert-OH is 1. The third kappa shape index (κ3) is 5.43. The van der Waals surface area contributed by atoms with Crippen LogP contribution in [0.25, 0.3) is 0 Å². The monoisotopic (exact) mass is 297 g/mol. The van der Waals surface area contributed by atoms with Gasteiger partial charge in [0, 0.05) is 18.1 Å². The van der Waals surface area contributed by atoms with Crippen LogP contribution in [0.4, 0.5) is 0 Å². The molecule has 0 aliphatic carbocycles. The van der Waals surface area contributed by atoms with E-state index in [1.165, 1.54) is 12.8 Å². The molecule has 0 fully saturated rings. The van der Waals surface area contributed by atoms with E-state index in [9.17, 15) is 5.11 Å². The molecule has 20 heavy (non-hydrogen) atoms. The van der Waals surface area contributed by atoms with Gasteiger partial charge in [0.1, 0.15) is 0 Å². The lowest BCUT2D eigenvalue weighted by Gasteiger charge is -2.26. The Hall–Kier alpha value is -0.570. The summed E-state index contributed by atoms with van der Waals surface area (Å²) in [6.07, 6.45) is 2.71. The molecule has 0 aliphatic heterocycles. The number of benzene rings is 1. The molecule has 0 spiro atoms. The number of halogens is 1. The van der Waals surface area contributed by atoms with Crippen LogP contribution in [0.3, 0.4) is 0 Å². The number of nitrogens with zero attached hydrogens (tertiary/aromatic N) is 1. The summed E-state index contributed by atoms with van der Waals surface area (Å²) in [5.74, 6) is 0.757. The summed E-state index contributed by atoms with van der Waals surface area (Å²) in [6.45, 7) is 9.76. The predicted octanol–water partition coefficient (Wildman–Crippen LogP) is 4.52. The highest BCUT2D eigenvalue weighted by atomic mass is 35.5. The van der Waals surface area contributed by atoms with Crippen molar-refractivity contribution in [3.63, 3.8) is 0 Å². The lowest BCUT2D eigenvalue weighted by Crippen LogP contribution is -2.31. The minimum atomic E-state index is -0.473. The molecule has 0 aromatic heterocycles. The molecule has 0 bridgehead atoms. The second-order valence-electron chi connectivity index (χ2n) is 5.40. The third-order valence-corrected chi connectivity index (χ3v) is 4.45. The fraction of sp³-hybridized carbons (Fsp3) is 0.647. The van der Waals surface area contributed by atoms with E-state index in [1.54, 1.807) is 0 Å². The van der Waals surface area contributed by atoms with Gasteiger partial charge in [0.15, 0.2) is 0 Å². The van der Waals surface area contributed by atoms with Crippen molar-refractivity contribution >= 4 is 11.6 Å². The molecule has 2 nitrogen and oxygen atoms in total. The van der Waals surface area contributed by atoms with Crippen LogP contribution < -0.4 is 0 Å². The summed E-state index contributed by atoms with van der Waals surface area (Å²) in [6, 6.07) is 7.56.